The molecule has 1 amide bonds. The number of hydrogen-bond acceptors (Lipinski definition) is 9. The van der Waals surface area contributed by atoms with Crippen LogP contribution in [0.3, 0.4) is 0 Å². The average Bonchev–Trinajstić information content (AvgIpc) is 3.62. The molecule has 2 aliphatic heterocycles. The average molecular weight is 567 g/mol. The van der Waals surface area contributed by atoms with Crippen molar-refractivity contribution >= 4 is 28.1 Å². The fourth-order valence-electron chi connectivity index (χ4n) is 6.08. The van der Waals surface area contributed by atoms with Crippen LogP contribution in [0.2, 0.25) is 0 Å². The summed E-state index contributed by atoms with van der Waals surface area (Å²) in [6.45, 7) is 6.52. The van der Waals surface area contributed by atoms with Crippen molar-refractivity contribution in [3.63, 3.8) is 0 Å². The molecule has 4 heterocycles. The predicted molar refractivity (Wildman–Crippen MR) is 158 cm³/mol. The van der Waals surface area contributed by atoms with Crippen molar-refractivity contribution in [1.82, 2.24) is 29.4 Å². The predicted octanol–water partition coefficient (Wildman–Crippen LogP) is 3.16. The molecular weight excluding hydrogens is 532 g/mol. The number of likely N-dealkylation sites (N-methyl/N-ethyl adjacent to an activating group) is 1. The van der Waals surface area contributed by atoms with Gasteiger partial charge in [0.05, 0.1) is 30.4 Å². The number of rotatable bonds is 8. The van der Waals surface area contributed by atoms with E-state index in [2.05, 4.69) is 29.5 Å². The van der Waals surface area contributed by atoms with Crippen LogP contribution < -0.4 is 9.64 Å². The quantitative estimate of drug-likeness (QED) is 0.320. The van der Waals surface area contributed by atoms with E-state index in [0.717, 1.165) is 41.4 Å². The second-order valence-corrected chi connectivity index (χ2v) is 11.0. The van der Waals surface area contributed by atoms with Gasteiger partial charge in [0.15, 0.2) is 11.5 Å². The third kappa shape index (κ3) is 5.21. The smallest absolute Gasteiger partial charge is 0.336 e. The van der Waals surface area contributed by atoms with E-state index in [-0.39, 0.29) is 30.1 Å². The first-order valence-electron chi connectivity index (χ1n) is 14.3. The number of ether oxygens (including phenoxy) is 1. The first kappa shape index (κ1) is 27.5. The highest BCUT2D eigenvalue weighted by molar-refractivity contribution is 5.91. The minimum Gasteiger partial charge on any atom is -0.507 e. The summed E-state index contributed by atoms with van der Waals surface area (Å²) >= 11 is 0. The molecule has 216 valence electrons. The van der Waals surface area contributed by atoms with Crippen molar-refractivity contribution < 1.29 is 14.6 Å². The SMILES string of the molecule is C=CC(=O)N1CCN(c2nc(OCC3CCCN3C)nn3c(Cc4ccc(O)c5ccccc45)cnc23)CC1CC#N. The maximum atomic E-state index is 12.5. The zero-order valence-corrected chi connectivity index (χ0v) is 23.7. The molecule has 2 aliphatic rings. The fourth-order valence-corrected chi connectivity index (χ4v) is 6.08. The molecule has 0 saturated carbocycles. The number of phenols is 1. The van der Waals surface area contributed by atoms with E-state index in [1.807, 2.05) is 30.3 Å². The number of hydrogen-bond donors (Lipinski definition) is 1. The van der Waals surface area contributed by atoms with E-state index < -0.39 is 0 Å². The maximum absolute atomic E-state index is 12.5. The summed E-state index contributed by atoms with van der Waals surface area (Å²) < 4.78 is 8.00. The summed E-state index contributed by atoms with van der Waals surface area (Å²) in [5.41, 5.74) is 2.46. The molecule has 2 saturated heterocycles. The monoisotopic (exact) mass is 566 g/mol. The maximum Gasteiger partial charge on any atom is 0.336 e. The second-order valence-electron chi connectivity index (χ2n) is 11.0. The van der Waals surface area contributed by atoms with Gasteiger partial charge in [0.2, 0.25) is 5.91 Å². The van der Waals surface area contributed by atoms with Gasteiger partial charge in [-0.15, -0.1) is 5.10 Å². The van der Waals surface area contributed by atoms with Crippen LogP contribution in [0, 0.1) is 11.3 Å². The van der Waals surface area contributed by atoms with E-state index >= 15 is 0 Å². The van der Waals surface area contributed by atoms with Crippen LogP contribution in [0.15, 0.2) is 55.3 Å². The van der Waals surface area contributed by atoms with E-state index in [1.54, 1.807) is 21.7 Å². The number of carbonyl (C=O) groups is 1. The molecule has 2 atom stereocenters. The lowest BCUT2D eigenvalue weighted by Crippen LogP contribution is -2.55. The van der Waals surface area contributed by atoms with Gasteiger partial charge in [-0.2, -0.15) is 10.2 Å². The molecule has 42 heavy (non-hydrogen) atoms. The molecule has 0 radical (unpaired) electrons. The van der Waals surface area contributed by atoms with Gasteiger partial charge in [0.1, 0.15) is 12.4 Å². The van der Waals surface area contributed by atoms with Crippen LogP contribution in [-0.2, 0) is 11.2 Å². The molecule has 0 aliphatic carbocycles. The van der Waals surface area contributed by atoms with Crippen molar-refractivity contribution in [2.75, 3.05) is 44.7 Å². The lowest BCUT2D eigenvalue weighted by atomic mass is 10.0. The van der Waals surface area contributed by atoms with Crippen molar-refractivity contribution in [2.24, 2.45) is 0 Å². The van der Waals surface area contributed by atoms with Crippen LogP contribution in [0.5, 0.6) is 11.8 Å². The highest BCUT2D eigenvalue weighted by atomic mass is 16.5. The molecular formula is C31H34N8O3. The number of likely N-dealkylation sites (tertiary alicyclic amines) is 1. The largest absolute Gasteiger partial charge is 0.507 e. The summed E-state index contributed by atoms with van der Waals surface area (Å²) in [5.74, 6) is 0.664. The number of nitriles is 1. The minimum atomic E-state index is -0.307. The van der Waals surface area contributed by atoms with E-state index in [9.17, 15) is 15.2 Å². The van der Waals surface area contributed by atoms with Gasteiger partial charge in [-0.1, -0.05) is 36.9 Å². The molecule has 2 unspecified atom stereocenters. The summed E-state index contributed by atoms with van der Waals surface area (Å²) in [6, 6.07) is 13.9. The Kier molecular flexibility index (Phi) is 7.63. The fraction of sp³-hybridized carbons (Fsp3) is 0.387. The van der Waals surface area contributed by atoms with Gasteiger partial charge < -0.3 is 24.5 Å². The summed E-state index contributed by atoms with van der Waals surface area (Å²) in [4.78, 5) is 28.1. The molecule has 11 nitrogen and oxygen atoms in total. The molecule has 0 spiro atoms. The molecule has 2 fully saturated rings. The Hall–Kier alpha value is -4.69. The number of aromatic hydroxyl groups is 1. The second kappa shape index (κ2) is 11.7. The van der Waals surface area contributed by atoms with Crippen LogP contribution >= 0.6 is 0 Å². The number of piperazine rings is 1. The Morgan fingerprint density at radius 2 is 2.02 bits per heavy atom. The zero-order chi connectivity index (χ0) is 29.2. The Bertz CT molecular complexity index is 1680. The van der Waals surface area contributed by atoms with E-state index in [1.165, 1.54) is 6.08 Å². The third-order valence-electron chi connectivity index (χ3n) is 8.40. The first-order valence-corrected chi connectivity index (χ1v) is 14.3. The number of fused-ring (bicyclic) bond motifs is 2. The van der Waals surface area contributed by atoms with Gasteiger partial charge in [-0.3, -0.25) is 4.79 Å². The molecule has 1 N–H and O–H groups in total. The van der Waals surface area contributed by atoms with Gasteiger partial charge in [0, 0.05) is 37.5 Å². The van der Waals surface area contributed by atoms with Crippen molar-refractivity contribution in [3.05, 3.63) is 66.5 Å². The lowest BCUT2D eigenvalue weighted by molar-refractivity contribution is -0.128. The van der Waals surface area contributed by atoms with Crippen LogP contribution in [0.25, 0.3) is 16.4 Å². The molecule has 0 bridgehead atoms. The van der Waals surface area contributed by atoms with Gasteiger partial charge >= 0.3 is 6.01 Å². The molecule has 11 heteroatoms. The first-order chi connectivity index (χ1) is 20.5. The Morgan fingerprint density at radius 3 is 2.79 bits per heavy atom. The number of benzene rings is 2. The minimum absolute atomic E-state index is 0.184. The molecule has 2 aromatic heterocycles. The topological polar surface area (TPSA) is 123 Å². The number of anilines is 1. The number of aromatic nitrogens is 4. The highest BCUT2D eigenvalue weighted by Crippen LogP contribution is 2.30. The number of nitrogens with zero attached hydrogens (tertiary/aromatic N) is 8. The Balaban J connectivity index is 1.38. The number of imidazole rings is 1. The Labute approximate surface area is 244 Å². The molecule has 2 aromatic carbocycles. The number of amides is 1. The van der Waals surface area contributed by atoms with Gasteiger partial charge in [-0.25, -0.2) is 9.50 Å². The van der Waals surface area contributed by atoms with Crippen LogP contribution in [0.1, 0.15) is 30.5 Å². The van der Waals surface area contributed by atoms with Crippen LogP contribution in [-0.4, -0.2) is 92.3 Å². The van der Waals surface area contributed by atoms with E-state index in [0.29, 0.717) is 50.2 Å². The zero-order valence-electron chi connectivity index (χ0n) is 23.7. The third-order valence-corrected chi connectivity index (χ3v) is 8.40. The summed E-state index contributed by atoms with van der Waals surface area (Å²) in [7, 11) is 2.10. The molecule has 6 rings (SSSR count). The van der Waals surface area contributed by atoms with Crippen molar-refractivity contribution in [1.29, 1.82) is 5.26 Å². The molecule has 4 aromatic rings. The standard InChI is InChI=1S/C31H34N8O3/c1-3-28(41)38-16-15-37(19-22(38)12-13-32)30-29-33-18-24(17-21-10-11-27(40)26-9-5-4-8-25(21)26)39(29)35-31(34-30)42-20-23-7-6-14-36(23)2/h3-5,8-11,18,22-23,40H,1,6-7,12,14-17,19-20H2,2H3. The van der Waals surface area contributed by atoms with Crippen molar-refractivity contribution in [3.8, 4) is 17.8 Å². The number of carbonyl (C=O) groups excluding carboxylic acids is 1. The highest BCUT2D eigenvalue weighted by Gasteiger charge is 2.32. The van der Waals surface area contributed by atoms with E-state index in [4.69, 9.17) is 19.8 Å². The Morgan fingerprint density at radius 1 is 1.19 bits per heavy atom. The van der Waals surface area contributed by atoms with Gasteiger partial charge in [-0.05, 0) is 49.5 Å². The van der Waals surface area contributed by atoms with Crippen LogP contribution in [0.4, 0.5) is 5.82 Å². The van der Waals surface area contributed by atoms with Gasteiger partial charge in [0.25, 0.3) is 0 Å². The van der Waals surface area contributed by atoms with Crippen molar-refractivity contribution in [2.45, 2.75) is 37.8 Å². The number of phenolic OH excluding ortho intramolecular Hbond substituents is 1. The summed E-state index contributed by atoms with van der Waals surface area (Å²) in [6.07, 6.45) is 6.02. The normalized spacial score (nSPS) is 19.3. The lowest BCUT2D eigenvalue weighted by Gasteiger charge is -2.40. The summed E-state index contributed by atoms with van der Waals surface area (Å²) in [5, 5.41) is 26.4.